The summed E-state index contributed by atoms with van der Waals surface area (Å²) < 4.78 is 3.35. The number of imidazole rings is 1. The maximum Gasteiger partial charge on any atom is 0.321 e. The topological polar surface area (TPSA) is 110 Å². The van der Waals surface area contributed by atoms with Crippen molar-refractivity contribution in [2.24, 2.45) is 0 Å². The highest BCUT2D eigenvalue weighted by molar-refractivity contribution is 5.94. The van der Waals surface area contributed by atoms with Gasteiger partial charge in [-0.1, -0.05) is 0 Å². The summed E-state index contributed by atoms with van der Waals surface area (Å²) in [4.78, 5) is 31.8. The number of aryl methyl sites for hydroxylation is 1. The van der Waals surface area contributed by atoms with Crippen LogP contribution in [0.2, 0.25) is 0 Å². The van der Waals surface area contributed by atoms with Crippen LogP contribution in [-0.2, 0) is 6.54 Å². The average molecular weight is 391 g/mol. The maximum atomic E-state index is 12.3. The van der Waals surface area contributed by atoms with Crippen LogP contribution in [-0.4, -0.2) is 36.9 Å². The Hall–Kier alpha value is -3.88. The Balaban J connectivity index is 1.85. The number of hydrogen-bond donors (Lipinski definition) is 3. The minimum absolute atomic E-state index is 0.0636. The van der Waals surface area contributed by atoms with Gasteiger partial charge in [-0.15, -0.1) is 0 Å². The number of aromatic nitrogens is 5. The lowest BCUT2D eigenvalue weighted by Crippen LogP contribution is -2.28. The van der Waals surface area contributed by atoms with Gasteiger partial charge in [0.2, 0.25) is 5.95 Å². The van der Waals surface area contributed by atoms with Crippen LogP contribution in [0.3, 0.4) is 0 Å². The summed E-state index contributed by atoms with van der Waals surface area (Å²) >= 11 is 0. The molecule has 4 rings (SSSR count). The van der Waals surface area contributed by atoms with Crippen LogP contribution >= 0.6 is 0 Å². The summed E-state index contributed by atoms with van der Waals surface area (Å²) in [7, 11) is 0. The zero-order valence-corrected chi connectivity index (χ0v) is 16.1. The second-order valence-electron chi connectivity index (χ2n) is 6.45. The predicted octanol–water partition coefficient (Wildman–Crippen LogP) is 2.74. The number of H-pyrrole nitrogens is 1. The SMILES string of the molecule is CCNC(=O)Nc1nc2cc(-c3ccn(CC)c(=O)c3)cc(-n3cccn3)c2[nH]1. The van der Waals surface area contributed by atoms with E-state index in [1.807, 2.05) is 44.3 Å². The number of nitrogens with zero attached hydrogens (tertiary/aromatic N) is 4. The highest BCUT2D eigenvalue weighted by atomic mass is 16.2. The molecule has 0 unspecified atom stereocenters. The molecule has 0 bridgehead atoms. The Labute approximate surface area is 166 Å². The molecule has 0 saturated heterocycles. The molecule has 0 spiro atoms. The molecule has 3 heterocycles. The van der Waals surface area contributed by atoms with Gasteiger partial charge >= 0.3 is 6.03 Å². The Morgan fingerprint density at radius 3 is 2.72 bits per heavy atom. The molecule has 0 aliphatic rings. The van der Waals surface area contributed by atoms with Crippen LogP contribution in [0.1, 0.15) is 13.8 Å². The van der Waals surface area contributed by atoms with E-state index in [1.54, 1.807) is 27.7 Å². The normalized spacial score (nSPS) is 11.0. The third kappa shape index (κ3) is 3.62. The van der Waals surface area contributed by atoms with Gasteiger partial charge in [0.15, 0.2) is 0 Å². The molecule has 1 aromatic carbocycles. The number of pyridine rings is 1. The zero-order chi connectivity index (χ0) is 20.4. The number of anilines is 1. The highest BCUT2D eigenvalue weighted by Crippen LogP contribution is 2.29. The van der Waals surface area contributed by atoms with Crippen LogP contribution in [0.4, 0.5) is 10.7 Å². The van der Waals surface area contributed by atoms with E-state index in [2.05, 4.69) is 25.7 Å². The fourth-order valence-electron chi connectivity index (χ4n) is 3.17. The number of aromatic amines is 1. The lowest BCUT2D eigenvalue weighted by Gasteiger charge is -2.09. The number of fused-ring (bicyclic) bond motifs is 1. The van der Waals surface area contributed by atoms with Crippen molar-refractivity contribution in [1.29, 1.82) is 0 Å². The van der Waals surface area contributed by atoms with Gasteiger partial charge in [-0.25, -0.2) is 14.5 Å². The lowest BCUT2D eigenvalue weighted by molar-refractivity contribution is 0.252. The van der Waals surface area contributed by atoms with Crippen LogP contribution in [0.5, 0.6) is 0 Å². The molecular weight excluding hydrogens is 370 g/mol. The van der Waals surface area contributed by atoms with Crippen LogP contribution in [0, 0.1) is 0 Å². The number of carbonyl (C=O) groups excluding carboxylic acids is 1. The second-order valence-corrected chi connectivity index (χ2v) is 6.45. The molecule has 4 aromatic rings. The molecule has 3 N–H and O–H groups in total. The molecule has 0 aliphatic carbocycles. The summed E-state index contributed by atoms with van der Waals surface area (Å²) in [6.07, 6.45) is 5.29. The number of benzene rings is 1. The summed E-state index contributed by atoms with van der Waals surface area (Å²) in [6.45, 7) is 4.89. The van der Waals surface area contributed by atoms with Gasteiger partial charge in [-0.2, -0.15) is 5.10 Å². The quantitative estimate of drug-likeness (QED) is 0.486. The van der Waals surface area contributed by atoms with Gasteiger partial charge in [0.25, 0.3) is 5.56 Å². The van der Waals surface area contributed by atoms with Crippen molar-refractivity contribution in [3.05, 3.63) is 59.3 Å². The smallest absolute Gasteiger partial charge is 0.321 e. The monoisotopic (exact) mass is 391 g/mol. The fraction of sp³-hybridized carbons (Fsp3) is 0.200. The minimum Gasteiger partial charge on any atom is -0.338 e. The van der Waals surface area contributed by atoms with E-state index in [4.69, 9.17) is 0 Å². The molecule has 148 valence electrons. The first-order valence-corrected chi connectivity index (χ1v) is 9.38. The molecule has 9 heteroatoms. The van der Waals surface area contributed by atoms with Crippen LogP contribution < -0.4 is 16.2 Å². The van der Waals surface area contributed by atoms with Crippen molar-refractivity contribution in [2.75, 3.05) is 11.9 Å². The van der Waals surface area contributed by atoms with Gasteiger partial charge in [0.05, 0.1) is 16.7 Å². The van der Waals surface area contributed by atoms with Gasteiger partial charge in [0.1, 0.15) is 0 Å². The first-order chi connectivity index (χ1) is 14.1. The molecule has 0 fully saturated rings. The number of carbonyl (C=O) groups is 1. The summed E-state index contributed by atoms with van der Waals surface area (Å²) in [5.41, 5.74) is 3.70. The number of amides is 2. The Bertz CT molecular complexity index is 1220. The molecule has 0 atom stereocenters. The summed E-state index contributed by atoms with van der Waals surface area (Å²) in [5.74, 6) is 0.331. The van der Waals surface area contributed by atoms with E-state index < -0.39 is 0 Å². The standard InChI is InChI=1S/C20H21N7O2/c1-3-21-20(29)25-19-23-15-10-14(13-6-9-26(4-2)17(28)12-13)11-16(18(15)24-19)27-8-5-7-22-27/h5-12H,3-4H2,1-2H3,(H3,21,23,24,25,29). The minimum atomic E-state index is -0.337. The van der Waals surface area contributed by atoms with Crippen molar-refractivity contribution in [3.63, 3.8) is 0 Å². The molecule has 0 aliphatic heterocycles. The molecule has 9 nitrogen and oxygen atoms in total. The first kappa shape index (κ1) is 18.5. The molecule has 2 amide bonds. The fourth-order valence-corrected chi connectivity index (χ4v) is 3.17. The Kier molecular flexibility index (Phi) is 4.86. The molecule has 0 saturated carbocycles. The molecule has 0 radical (unpaired) electrons. The van der Waals surface area contributed by atoms with Gasteiger partial charge in [0, 0.05) is 37.7 Å². The van der Waals surface area contributed by atoms with Crippen molar-refractivity contribution < 1.29 is 4.79 Å². The van der Waals surface area contributed by atoms with Crippen molar-refractivity contribution >= 4 is 23.0 Å². The van der Waals surface area contributed by atoms with Crippen LogP contribution in [0.15, 0.2) is 53.7 Å². The molecule has 29 heavy (non-hydrogen) atoms. The second kappa shape index (κ2) is 7.63. The number of nitrogens with one attached hydrogen (secondary N) is 3. The largest absolute Gasteiger partial charge is 0.338 e. The van der Waals surface area contributed by atoms with Gasteiger partial charge < -0.3 is 14.9 Å². The van der Waals surface area contributed by atoms with E-state index in [1.165, 1.54) is 0 Å². The number of rotatable bonds is 5. The lowest BCUT2D eigenvalue weighted by atomic mass is 10.1. The van der Waals surface area contributed by atoms with E-state index in [-0.39, 0.29) is 11.6 Å². The van der Waals surface area contributed by atoms with Crippen molar-refractivity contribution in [1.82, 2.24) is 29.6 Å². The third-order valence-corrected chi connectivity index (χ3v) is 4.56. The van der Waals surface area contributed by atoms with Crippen molar-refractivity contribution in [2.45, 2.75) is 20.4 Å². The number of urea groups is 1. The van der Waals surface area contributed by atoms with Gasteiger partial charge in [-0.3, -0.25) is 10.1 Å². The highest BCUT2D eigenvalue weighted by Gasteiger charge is 2.14. The molecular formula is C20H21N7O2. The third-order valence-electron chi connectivity index (χ3n) is 4.56. The van der Waals surface area contributed by atoms with E-state index >= 15 is 0 Å². The average Bonchev–Trinajstić information content (AvgIpc) is 3.36. The summed E-state index contributed by atoms with van der Waals surface area (Å²) in [5, 5.41) is 9.68. The maximum absolute atomic E-state index is 12.3. The number of hydrogen-bond acceptors (Lipinski definition) is 4. The Morgan fingerprint density at radius 1 is 1.17 bits per heavy atom. The zero-order valence-electron chi connectivity index (χ0n) is 16.1. The Morgan fingerprint density at radius 2 is 2.03 bits per heavy atom. The van der Waals surface area contributed by atoms with E-state index in [0.717, 1.165) is 22.3 Å². The van der Waals surface area contributed by atoms with E-state index in [9.17, 15) is 9.59 Å². The van der Waals surface area contributed by atoms with Crippen molar-refractivity contribution in [3.8, 4) is 16.8 Å². The van der Waals surface area contributed by atoms with Gasteiger partial charge in [-0.05, 0) is 49.2 Å². The predicted molar refractivity (Wildman–Crippen MR) is 111 cm³/mol. The summed E-state index contributed by atoms with van der Waals surface area (Å²) in [6, 6.07) is 8.82. The first-order valence-electron chi connectivity index (χ1n) is 9.38. The molecule has 3 aromatic heterocycles. The van der Waals surface area contributed by atoms with Crippen LogP contribution in [0.25, 0.3) is 27.8 Å². The van der Waals surface area contributed by atoms with E-state index in [0.29, 0.717) is 24.6 Å².